The number of amides is 2. The number of hydrogen-bond acceptors (Lipinski definition) is 4. The third-order valence-electron chi connectivity index (χ3n) is 3.56. The fourth-order valence-corrected chi connectivity index (χ4v) is 3.91. The second kappa shape index (κ2) is 7.97. The van der Waals surface area contributed by atoms with E-state index in [1.165, 1.54) is 0 Å². The van der Waals surface area contributed by atoms with E-state index in [1.807, 2.05) is 13.8 Å². The van der Waals surface area contributed by atoms with Gasteiger partial charge in [0.1, 0.15) is 6.04 Å². The van der Waals surface area contributed by atoms with Gasteiger partial charge in [-0.15, -0.1) is 11.8 Å². The first-order chi connectivity index (χ1) is 10.9. The van der Waals surface area contributed by atoms with Crippen molar-refractivity contribution >= 4 is 34.4 Å². The molecule has 0 aliphatic carbocycles. The van der Waals surface area contributed by atoms with E-state index in [-0.39, 0.29) is 11.8 Å². The monoisotopic (exact) mass is 354 g/mol. The molecule has 0 spiro atoms. The van der Waals surface area contributed by atoms with Gasteiger partial charge in [-0.1, -0.05) is 13.8 Å². The summed E-state index contributed by atoms with van der Waals surface area (Å²) in [5.74, 6) is 1.25. The van der Waals surface area contributed by atoms with Crippen LogP contribution in [0.1, 0.15) is 24.2 Å². The van der Waals surface area contributed by atoms with Crippen LogP contribution in [0.4, 0.5) is 0 Å². The Balaban J connectivity index is 2.08. The topological polar surface area (TPSA) is 66.5 Å². The van der Waals surface area contributed by atoms with Gasteiger partial charge in [0.15, 0.2) is 0 Å². The summed E-state index contributed by atoms with van der Waals surface area (Å²) in [5, 5.41) is 2.90. The molecule has 0 radical (unpaired) electrons. The first kappa shape index (κ1) is 18.0. The van der Waals surface area contributed by atoms with Gasteiger partial charge in [0, 0.05) is 39.8 Å². The molecule has 0 bridgehead atoms. The molecule has 1 fully saturated rings. The van der Waals surface area contributed by atoms with Gasteiger partial charge in [-0.05, 0) is 30.2 Å². The lowest BCUT2D eigenvalue weighted by molar-refractivity contribution is -0.124. The highest BCUT2D eigenvalue weighted by atomic mass is 32.2. The maximum absolute atomic E-state index is 12.6. The van der Waals surface area contributed by atoms with E-state index in [1.54, 1.807) is 47.2 Å². The zero-order valence-corrected chi connectivity index (χ0v) is 15.2. The zero-order valence-electron chi connectivity index (χ0n) is 13.6. The van der Waals surface area contributed by atoms with Crippen LogP contribution in [-0.4, -0.2) is 51.4 Å². The Kier molecular flexibility index (Phi) is 6.24. The van der Waals surface area contributed by atoms with Crippen LogP contribution in [0.15, 0.2) is 29.2 Å². The summed E-state index contributed by atoms with van der Waals surface area (Å²) in [6.07, 6.45) is 1.60. The summed E-state index contributed by atoms with van der Waals surface area (Å²) in [7, 11) is -1.07. The summed E-state index contributed by atoms with van der Waals surface area (Å²) in [6.45, 7) is 4.68. The highest BCUT2D eigenvalue weighted by molar-refractivity contribution is 7.99. The SMILES string of the molecule is CC(C)CNC(=O)[C@H]1CSCN1C(=O)c1ccc([S@](C)=O)cc1. The van der Waals surface area contributed by atoms with Gasteiger partial charge >= 0.3 is 0 Å². The van der Waals surface area contributed by atoms with Crippen LogP contribution in [0.5, 0.6) is 0 Å². The number of benzene rings is 1. The number of hydrogen-bond donors (Lipinski definition) is 1. The van der Waals surface area contributed by atoms with E-state index in [0.29, 0.717) is 34.6 Å². The van der Waals surface area contributed by atoms with E-state index in [4.69, 9.17) is 0 Å². The Labute approximate surface area is 143 Å². The lowest BCUT2D eigenvalue weighted by Gasteiger charge is -2.23. The van der Waals surface area contributed by atoms with E-state index < -0.39 is 16.8 Å². The highest BCUT2D eigenvalue weighted by Crippen LogP contribution is 2.23. The molecule has 126 valence electrons. The molecule has 1 aliphatic heterocycles. The van der Waals surface area contributed by atoms with Gasteiger partial charge in [0.25, 0.3) is 5.91 Å². The van der Waals surface area contributed by atoms with Crippen LogP contribution in [-0.2, 0) is 15.6 Å². The normalized spacial score (nSPS) is 19.0. The zero-order chi connectivity index (χ0) is 17.0. The second-order valence-corrected chi connectivity index (χ2v) is 8.29. The third kappa shape index (κ3) is 4.57. The van der Waals surface area contributed by atoms with E-state index in [0.717, 1.165) is 0 Å². The van der Waals surface area contributed by atoms with E-state index >= 15 is 0 Å². The van der Waals surface area contributed by atoms with Gasteiger partial charge in [-0.25, -0.2) is 0 Å². The molecule has 1 aromatic carbocycles. The predicted molar refractivity (Wildman–Crippen MR) is 93.9 cm³/mol. The molecule has 1 aromatic rings. The predicted octanol–water partition coefficient (Wildman–Crippen LogP) is 1.71. The van der Waals surface area contributed by atoms with Gasteiger partial charge in [0.2, 0.25) is 5.91 Å². The quantitative estimate of drug-likeness (QED) is 0.874. The van der Waals surface area contributed by atoms with Gasteiger partial charge in [0.05, 0.1) is 5.88 Å². The maximum Gasteiger partial charge on any atom is 0.255 e. The summed E-state index contributed by atoms with van der Waals surface area (Å²) in [5.41, 5.74) is 0.517. The first-order valence-corrected chi connectivity index (χ1v) is 10.2. The van der Waals surface area contributed by atoms with Gasteiger partial charge in [-0.2, -0.15) is 0 Å². The minimum atomic E-state index is -1.07. The van der Waals surface area contributed by atoms with Crippen molar-refractivity contribution in [2.24, 2.45) is 5.92 Å². The van der Waals surface area contributed by atoms with Crippen molar-refractivity contribution in [3.63, 3.8) is 0 Å². The maximum atomic E-state index is 12.6. The molecule has 2 rings (SSSR count). The second-order valence-electron chi connectivity index (χ2n) is 5.91. The number of nitrogens with one attached hydrogen (secondary N) is 1. The van der Waals surface area contributed by atoms with Crippen LogP contribution in [0.2, 0.25) is 0 Å². The molecular formula is C16H22N2O3S2. The minimum Gasteiger partial charge on any atom is -0.354 e. The van der Waals surface area contributed by atoms with Crippen LogP contribution in [0.3, 0.4) is 0 Å². The molecule has 2 atom stereocenters. The third-order valence-corrected chi connectivity index (χ3v) is 5.51. The molecule has 0 saturated carbocycles. The molecule has 1 heterocycles. The molecule has 0 unspecified atom stereocenters. The number of rotatable bonds is 5. The van der Waals surface area contributed by atoms with E-state index in [2.05, 4.69) is 5.32 Å². The number of carbonyl (C=O) groups excluding carboxylic acids is 2. The Bertz CT molecular complexity index is 602. The van der Waals surface area contributed by atoms with Crippen molar-refractivity contribution in [1.29, 1.82) is 0 Å². The van der Waals surface area contributed by atoms with Crippen molar-refractivity contribution in [3.05, 3.63) is 29.8 Å². The van der Waals surface area contributed by atoms with Crippen LogP contribution in [0, 0.1) is 5.92 Å². The largest absolute Gasteiger partial charge is 0.354 e. The molecular weight excluding hydrogens is 332 g/mol. The first-order valence-electron chi connectivity index (χ1n) is 7.50. The summed E-state index contributed by atoms with van der Waals surface area (Å²) in [6, 6.07) is 6.31. The molecule has 2 amide bonds. The Morgan fingerprint density at radius 3 is 2.57 bits per heavy atom. The number of nitrogens with zero attached hydrogens (tertiary/aromatic N) is 1. The fraction of sp³-hybridized carbons (Fsp3) is 0.500. The lowest BCUT2D eigenvalue weighted by atomic mass is 10.1. The molecule has 5 nitrogen and oxygen atoms in total. The Hall–Kier alpha value is -1.34. The van der Waals surface area contributed by atoms with Gasteiger partial charge < -0.3 is 10.2 Å². The molecule has 7 heteroatoms. The molecule has 1 saturated heterocycles. The molecule has 23 heavy (non-hydrogen) atoms. The van der Waals surface area contributed by atoms with E-state index in [9.17, 15) is 13.8 Å². The fourth-order valence-electron chi connectivity index (χ4n) is 2.24. The Morgan fingerprint density at radius 1 is 1.35 bits per heavy atom. The van der Waals surface area contributed by atoms with Crippen molar-refractivity contribution in [2.75, 3.05) is 24.4 Å². The van der Waals surface area contributed by atoms with Crippen LogP contribution >= 0.6 is 11.8 Å². The van der Waals surface area contributed by atoms with Crippen molar-refractivity contribution in [3.8, 4) is 0 Å². The summed E-state index contributed by atoms with van der Waals surface area (Å²) in [4.78, 5) is 27.2. The number of thioether (sulfide) groups is 1. The number of carbonyl (C=O) groups is 2. The van der Waals surface area contributed by atoms with Crippen molar-refractivity contribution in [2.45, 2.75) is 24.8 Å². The average Bonchev–Trinajstić information content (AvgIpc) is 3.01. The van der Waals surface area contributed by atoms with Crippen molar-refractivity contribution < 1.29 is 13.8 Å². The summed E-state index contributed by atoms with van der Waals surface area (Å²) >= 11 is 1.58. The average molecular weight is 354 g/mol. The minimum absolute atomic E-state index is 0.0941. The molecule has 1 aliphatic rings. The van der Waals surface area contributed by atoms with Crippen LogP contribution < -0.4 is 5.32 Å². The molecule has 0 aromatic heterocycles. The lowest BCUT2D eigenvalue weighted by Crippen LogP contribution is -2.47. The molecule has 1 N–H and O–H groups in total. The van der Waals surface area contributed by atoms with Crippen molar-refractivity contribution in [1.82, 2.24) is 10.2 Å². The Morgan fingerprint density at radius 2 is 2.00 bits per heavy atom. The van der Waals surface area contributed by atoms with Gasteiger partial charge in [-0.3, -0.25) is 13.8 Å². The standard InChI is InChI=1S/C16H22N2O3S2/c1-11(2)8-17-15(19)14-9-22-10-18(14)16(20)12-4-6-13(7-5-12)23(3)21/h4-7,11,14H,8-10H2,1-3H3,(H,17,19)/t14-,23+/m1/s1. The smallest absolute Gasteiger partial charge is 0.255 e. The highest BCUT2D eigenvalue weighted by Gasteiger charge is 2.34. The van der Waals surface area contributed by atoms with Crippen LogP contribution in [0.25, 0.3) is 0 Å². The summed E-state index contributed by atoms with van der Waals surface area (Å²) < 4.78 is 11.4.